The first-order chi connectivity index (χ1) is 9.63. The van der Waals surface area contributed by atoms with Gasteiger partial charge in [-0.3, -0.25) is 8.98 Å². The van der Waals surface area contributed by atoms with Crippen molar-refractivity contribution in [2.75, 3.05) is 30.9 Å². The number of aldehydes is 1. The molecule has 21 heavy (non-hydrogen) atoms. The Bertz CT molecular complexity index is 569. The summed E-state index contributed by atoms with van der Waals surface area (Å²) in [5, 5.41) is 0. The van der Waals surface area contributed by atoms with Crippen LogP contribution in [0.15, 0.2) is 24.3 Å². The molecule has 9 heteroatoms. The molecule has 118 valence electrons. The third kappa shape index (κ3) is 6.58. The Morgan fingerprint density at radius 3 is 2.29 bits per heavy atom. The van der Waals surface area contributed by atoms with Crippen LogP contribution in [0.3, 0.4) is 0 Å². The SMILES string of the molecule is CN(CCS(=O)(=O)OCC(F)(F)F)c1ccc(C=O)cc1. The third-order valence-electron chi connectivity index (χ3n) is 2.55. The Labute approximate surface area is 120 Å². The predicted octanol–water partition coefficient (Wildman–Crippen LogP) is 1.84. The largest absolute Gasteiger partial charge is 0.413 e. The summed E-state index contributed by atoms with van der Waals surface area (Å²) in [7, 11) is -2.67. The zero-order valence-corrected chi connectivity index (χ0v) is 11.9. The second kappa shape index (κ2) is 6.90. The van der Waals surface area contributed by atoms with E-state index in [1.165, 1.54) is 4.90 Å². The van der Waals surface area contributed by atoms with Crippen molar-refractivity contribution in [3.8, 4) is 0 Å². The third-order valence-corrected chi connectivity index (χ3v) is 3.71. The molecule has 0 heterocycles. The molecule has 0 aliphatic carbocycles. The molecular weight excluding hydrogens is 311 g/mol. The first-order valence-corrected chi connectivity index (χ1v) is 7.41. The minimum absolute atomic E-state index is 0.0410. The van der Waals surface area contributed by atoms with Crippen LogP contribution in [0.4, 0.5) is 18.9 Å². The zero-order chi connectivity index (χ0) is 16.1. The van der Waals surface area contributed by atoms with Gasteiger partial charge in [-0.05, 0) is 24.3 Å². The van der Waals surface area contributed by atoms with Crippen LogP contribution in [0.25, 0.3) is 0 Å². The van der Waals surface area contributed by atoms with Crippen LogP contribution in [0.1, 0.15) is 10.4 Å². The summed E-state index contributed by atoms with van der Waals surface area (Å²) in [5.41, 5.74) is 1.10. The predicted molar refractivity (Wildman–Crippen MR) is 70.9 cm³/mol. The fourth-order valence-corrected chi connectivity index (χ4v) is 2.33. The van der Waals surface area contributed by atoms with Gasteiger partial charge in [0.05, 0.1) is 5.75 Å². The van der Waals surface area contributed by atoms with Gasteiger partial charge in [0.2, 0.25) is 0 Å². The quantitative estimate of drug-likeness (QED) is 0.565. The number of hydrogen-bond acceptors (Lipinski definition) is 5. The normalized spacial score (nSPS) is 12.2. The van der Waals surface area contributed by atoms with Crippen LogP contribution in [0.2, 0.25) is 0 Å². The lowest BCUT2D eigenvalue weighted by molar-refractivity contribution is -0.152. The van der Waals surface area contributed by atoms with E-state index in [4.69, 9.17) is 0 Å². The molecule has 0 bridgehead atoms. The van der Waals surface area contributed by atoms with Crippen molar-refractivity contribution in [1.29, 1.82) is 0 Å². The molecule has 0 fully saturated rings. The number of nitrogens with zero attached hydrogens (tertiary/aromatic N) is 1. The molecule has 0 N–H and O–H groups in total. The maximum absolute atomic E-state index is 11.9. The summed E-state index contributed by atoms with van der Waals surface area (Å²) in [6, 6.07) is 6.31. The summed E-state index contributed by atoms with van der Waals surface area (Å²) in [4.78, 5) is 12.0. The topological polar surface area (TPSA) is 63.7 Å². The van der Waals surface area contributed by atoms with Gasteiger partial charge >= 0.3 is 6.18 Å². The van der Waals surface area contributed by atoms with Gasteiger partial charge in [0.25, 0.3) is 10.1 Å². The van der Waals surface area contributed by atoms with E-state index in [-0.39, 0.29) is 6.54 Å². The molecule has 0 amide bonds. The van der Waals surface area contributed by atoms with Gasteiger partial charge in [0.15, 0.2) is 6.61 Å². The summed E-state index contributed by atoms with van der Waals surface area (Å²) >= 11 is 0. The second-order valence-corrected chi connectivity index (χ2v) is 6.03. The Morgan fingerprint density at radius 2 is 1.81 bits per heavy atom. The monoisotopic (exact) mass is 325 g/mol. The molecule has 0 unspecified atom stereocenters. The number of carbonyl (C=O) groups is 1. The van der Waals surface area contributed by atoms with Crippen molar-refractivity contribution < 1.29 is 30.6 Å². The highest BCUT2D eigenvalue weighted by atomic mass is 32.2. The number of hydrogen-bond donors (Lipinski definition) is 0. The van der Waals surface area contributed by atoms with Crippen LogP contribution in [0.5, 0.6) is 0 Å². The van der Waals surface area contributed by atoms with Crippen molar-refractivity contribution in [2.24, 2.45) is 0 Å². The molecule has 1 rings (SSSR count). The lowest BCUT2D eigenvalue weighted by atomic mass is 10.2. The maximum atomic E-state index is 11.9. The van der Waals surface area contributed by atoms with Gasteiger partial charge in [0.1, 0.15) is 6.29 Å². The molecule has 0 spiro atoms. The summed E-state index contributed by atoms with van der Waals surface area (Å²) < 4.78 is 62.2. The van der Waals surface area contributed by atoms with Crippen LogP contribution in [0, 0.1) is 0 Å². The number of anilines is 1. The van der Waals surface area contributed by atoms with Gasteiger partial charge in [-0.1, -0.05) is 0 Å². The number of rotatable bonds is 7. The molecular formula is C12H14F3NO4S. The molecule has 1 aromatic carbocycles. The Morgan fingerprint density at radius 1 is 1.24 bits per heavy atom. The van der Waals surface area contributed by atoms with Gasteiger partial charge in [-0.25, -0.2) is 0 Å². The Hall–Kier alpha value is -1.61. The van der Waals surface area contributed by atoms with Gasteiger partial charge in [0, 0.05) is 24.8 Å². The van der Waals surface area contributed by atoms with Crippen molar-refractivity contribution in [2.45, 2.75) is 6.18 Å². The van der Waals surface area contributed by atoms with Gasteiger partial charge in [-0.2, -0.15) is 21.6 Å². The average molecular weight is 325 g/mol. The molecule has 0 aliphatic heterocycles. The summed E-state index contributed by atoms with van der Waals surface area (Å²) in [5.74, 6) is -0.574. The Kier molecular flexibility index (Phi) is 5.73. The lowest BCUT2D eigenvalue weighted by Crippen LogP contribution is -2.28. The van der Waals surface area contributed by atoms with E-state index in [0.717, 1.165) is 0 Å². The van der Waals surface area contributed by atoms with Crippen molar-refractivity contribution in [3.63, 3.8) is 0 Å². The first kappa shape index (κ1) is 17.4. The van der Waals surface area contributed by atoms with E-state index in [2.05, 4.69) is 4.18 Å². The zero-order valence-electron chi connectivity index (χ0n) is 11.1. The molecule has 0 atom stereocenters. The highest BCUT2D eigenvalue weighted by Gasteiger charge is 2.30. The fraction of sp³-hybridized carbons (Fsp3) is 0.417. The molecule has 0 aliphatic rings. The molecule has 0 radical (unpaired) electrons. The van der Waals surface area contributed by atoms with Crippen molar-refractivity contribution >= 4 is 22.1 Å². The maximum Gasteiger partial charge on any atom is 0.413 e. The van der Waals surface area contributed by atoms with E-state index in [1.54, 1.807) is 31.3 Å². The summed E-state index contributed by atoms with van der Waals surface area (Å²) in [6.07, 6.45) is -4.02. The standard InChI is InChI=1S/C12H14F3NO4S/c1-16(11-4-2-10(8-17)3-5-11)6-7-21(18,19)20-9-12(13,14)15/h2-5,8H,6-7,9H2,1H3. The lowest BCUT2D eigenvalue weighted by Gasteiger charge is -2.19. The number of benzene rings is 1. The summed E-state index contributed by atoms with van der Waals surface area (Å²) in [6.45, 7) is -1.87. The van der Waals surface area contributed by atoms with E-state index >= 15 is 0 Å². The number of halogens is 3. The van der Waals surface area contributed by atoms with Crippen molar-refractivity contribution in [3.05, 3.63) is 29.8 Å². The highest BCUT2D eigenvalue weighted by Crippen LogP contribution is 2.17. The van der Waals surface area contributed by atoms with E-state index < -0.39 is 28.7 Å². The second-order valence-electron chi connectivity index (χ2n) is 4.27. The highest BCUT2D eigenvalue weighted by molar-refractivity contribution is 7.86. The van der Waals surface area contributed by atoms with Gasteiger partial charge in [-0.15, -0.1) is 0 Å². The van der Waals surface area contributed by atoms with Crippen LogP contribution >= 0.6 is 0 Å². The molecule has 5 nitrogen and oxygen atoms in total. The number of carbonyl (C=O) groups excluding carboxylic acids is 1. The molecule has 1 aromatic rings. The molecule has 0 saturated heterocycles. The van der Waals surface area contributed by atoms with Crippen LogP contribution in [-0.4, -0.2) is 46.8 Å². The van der Waals surface area contributed by atoms with E-state index in [1.807, 2.05) is 0 Å². The molecule has 0 saturated carbocycles. The van der Waals surface area contributed by atoms with Crippen LogP contribution < -0.4 is 4.90 Å². The van der Waals surface area contributed by atoms with Gasteiger partial charge < -0.3 is 4.90 Å². The van der Waals surface area contributed by atoms with E-state index in [9.17, 15) is 26.4 Å². The van der Waals surface area contributed by atoms with Crippen molar-refractivity contribution in [1.82, 2.24) is 0 Å². The minimum atomic E-state index is -4.69. The molecule has 0 aromatic heterocycles. The Balaban J connectivity index is 2.54. The average Bonchev–Trinajstić information content (AvgIpc) is 2.42. The smallest absolute Gasteiger partial charge is 0.373 e. The minimum Gasteiger partial charge on any atom is -0.373 e. The first-order valence-electron chi connectivity index (χ1n) is 5.83. The van der Waals surface area contributed by atoms with Crippen LogP contribution in [-0.2, 0) is 14.3 Å². The number of alkyl halides is 3. The van der Waals surface area contributed by atoms with E-state index in [0.29, 0.717) is 17.5 Å². The fourth-order valence-electron chi connectivity index (χ4n) is 1.40.